The molecule has 0 aliphatic carbocycles. The summed E-state index contributed by atoms with van der Waals surface area (Å²) in [6.45, 7) is 3.09. The van der Waals surface area contributed by atoms with Crippen LogP contribution in [0.3, 0.4) is 0 Å². The minimum atomic E-state index is -0.361. The third-order valence-electron chi connectivity index (χ3n) is 3.42. The molecule has 0 aromatic heterocycles. The fourth-order valence-corrected chi connectivity index (χ4v) is 2.42. The molecule has 2 aromatic rings. The summed E-state index contributed by atoms with van der Waals surface area (Å²) >= 11 is 6.00. The molecule has 2 aromatic carbocycles. The van der Waals surface area contributed by atoms with Crippen molar-refractivity contribution in [3.05, 3.63) is 58.6 Å². The van der Waals surface area contributed by atoms with E-state index in [-0.39, 0.29) is 18.4 Å². The van der Waals surface area contributed by atoms with Gasteiger partial charge in [0.2, 0.25) is 11.8 Å². The molecule has 0 atom stereocenters. The highest BCUT2D eigenvalue weighted by molar-refractivity contribution is 6.31. The molecule has 2 rings (SSSR count). The standard InChI is InChI=1S/C18H16ClN3O2/c1-12-6-7-15(19)9-17(12)22(13(2)23)11-18(24)21-16-5-3-4-14(8-16)10-20/h3-9H,11H2,1-2H3,(H,21,24). The number of nitrogens with one attached hydrogen (secondary N) is 1. The molecule has 0 spiro atoms. The monoisotopic (exact) mass is 341 g/mol. The van der Waals surface area contributed by atoms with E-state index in [9.17, 15) is 9.59 Å². The van der Waals surface area contributed by atoms with Crippen LogP contribution in [0.25, 0.3) is 0 Å². The molecule has 0 unspecified atom stereocenters. The summed E-state index contributed by atoms with van der Waals surface area (Å²) in [6, 6.07) is 13.8. The number of carbonyl (C=O) groups excluding carboxylic acids is 2. The topological polar surface area (TPSA) is 73.2 Å². The van der Waals surface area contributed by atoms with Gasteiger partial charge in [0.1, 0.15) is 6.54 Å². The lowest BCUT2D eigenvalue weighted by molar-refractivity contribution is -0.120. The lowest BCUT2D eigenvalue weighted by Gasteiger charge is -2.23. The van der Waals surface area contributed by atoms with Crippen molar-refractivity contribution in [2.75, 3.05) is 16.8 Å². The molecule has 0 heterocycles. The van der Waals surface area contributed by atoms with Crippen LogP contribution in [0.5, 0.6) is 0 Å². The van der Waals surface area contributed by atoms with E-state index in [0.717, 1.165) is 5.56 Å². The first-order valence-corrected chi connectivity index (χ1v) is 7.63. The highest BCUT2D eigenvalue weighted by Gasteiger charge is 2.18. The number of nitrogens with zero attached hydrogens (tertiary/aromatic N) is 2. The fourth-order valence-electron chi connectivity index (χ4n) is 2.25. The van der Waals surface area contributed by atoms with Gasteiger partial charge in [0.25, 0.3) is 0 Å². The second kappa shape index (κ2) is 7.62. The Labute approximate surface area is 145 Å². The van der Waals surface area contributed by atoms with Crippen molar-refractivity contribution in [2.45, 2.75) is 13.8 Å². The number of hydrogen-bond acceptors (Lipinski definition) is 3. The van der Waals surface area contributed by atoms with Crippen LogP contribution in [0.4, 0.5) is 11.4 Å². The van der Waals surface area contributed by atoms with E-state index in [2.05, 4.69) is 5.32 Å². The van der Waals surface area contributed by atoms with E-state index in [1.54, 1.807) is 42.5 Å². The molecule has 0 radical (unpaired) electrons. The Morgan fingerprint density at radius 3 is 2.67 bits per heavy atom. The number of hydrogen-bond donors (Lipinski definition) is 1. The first-order valence-electron chi connectivity index (χ1n) is 7.25. The molecule has 5 nitrogen and oxygen atoms in total. The number of halogens is 1. The molecule has 1 N–H and O–H groups in total. The lowest BCUT2D eigenvalue weighted by Crippen LogP contribution is -2.37. The normalized spacial score (nSPS) is 9.92. The Bertz CT molecular complexity index is 827. The minimum absolute atomic E-state index is 0.146. The Morgan fingerprint density at radius 2 is 2.00 bits per heavy atom. The maximum absolute atomic E-state index is 12.3. The van der Waals surface area contributed by atoms with Crippen LogP contribution < -0.4 is 10.2 Å². The van der Waals surface area contributed by atoms with Gasteiger partial charge in [0.15, 0.2) is 0 Å². The van der Waals surface area contributed by atoms with Gasteiger partial charge in [-0.05, 0) is 42.8 Å². The average Bonchev–Trinajstić information content (AvgIpc) is 2.55. The van der Waals surface area contributed by atoms with Crippen molar-refractivity contribution in [3.8, 4) is 6.07 Å². The molecule has 0 saturated carbocycles. The van der Waals surface area contributed by atoms with E-state index in [0.29, 0.717) is 22.0 Å². The van der Waals surface area contributed by atoms with E-state index in [1.165, 1.54) is 11.8 Å². The van der Waals surface area contributed by atoms with E-state index < -0.39 is 0 Å². The maximum atomic E-state index is 12.3. The first kappa shape index (κ1) is 17.5. The summed E-state index contributed by atoms with van der Waals surface area (Å²) in [5, 5.41) is 12.1. The molecule has 0 fully saturated rings. The Hall–Kier alpha value is -2.84. The summed E-state index contributed by atoms with van der Waals surface area (Å²) in [5.74, 6) is -0.624. The highest BCUT2D eigenvalue weighted by Crippen LogP contribution is 2.24. The zero-order chi connectivity index (χ0) is 17.7. The smallest absolute Gasteiger partial charge is 0.244 e. The number of amides is 2. The van der Waals surface area contributed by atoms with Crippen molar-refractivity contribution in [3.63, 3.8) is 0 Å². The largest absolute Gasteiger partial charge is 0.324 e. The van der Waals surface area contributed by atoms with Crippen molar-refractivity contribution in [2.24, 2.45) is 0 Å². The predicted octanol–water partition coefficient (Wildman–Crippen LogP) is 3.51. The van der Waals surface area contributed by atoms with Crippen LogP contribution in [0, 0.1) is 18.3 Å². The van der Waals surface area contributed by atoms with E-state index in [1.807, 2.05) is 13.0 Å². The average molecular weight is 342 g/mol. The van der Waals surface area contributed by atoms with Crippen LogP contribution in [-0.4, -0.2) is 18.4 Å². The fraction of sp³-hybridized carbons (Fsp3) is 0.167. The second-order valence-corrected chi connectivity index (χ2v) is 5.71. The number of aryl methyl sites for hydroxylation is 1. The second-order valence-electron chi connectivity index (χ2n) is 5.28. The molecule has 122 valence electrons. The van der Waals surface area contributed by atoms with Crippen molar-refractivity contribution >= 4 is 34.8 Å². The van der Waals surface area contributed by atoms with Gasteiger partial charge >= 0.3 is 0 Å². The van der Waals surface area contributed by atoms with Gasteiger partial charge in [0.05, 0.1) is 11.6 Å². The molecule has 0 saturated heterocycles. The lowest BCUT2D eigenvalue weighted by atomic mass is 10.1. The summed E-state index contributed by atoms with van der Waals surface area (Å²) < 4.78 is 0. The Kier molecular flexibility index (Phi) is 5.56. The van der Waals surface area contributed by atoms with Crippen molar-refractivity contribution in [1.29, 1.82) is 5.26 Å². The van der Waals surface area contributed by atoms with Crippen molar-refractivity contribution < 1.29 is 9.59 Å². The number of anilines is 2. The number of benzene rings is 2. The number of rotatable bonds is 4. The predicted molar refractivity (Wildman–Crippen MR) is 94.0 cm³/mol. The third kappa shape index (κ3) is 4.34. The van der Waals surface area contributed by atoms with Crippen LogP contribution in [0.2, 0.25) is 5.02 Å². The molecular weight excluding hydrogens is 326 g/mol. The first-order chi connectivity index (χ1) is 11.4. The highest BCUT2D eigenvalue weighted by atomic mass is 35.5. The third-order valence-corrected chi connectivity index (χ3v) is 3.65. The van der Waals surface area contributed by atoms with Crippen LogP contribution >= 0.6 is 11.6 Å². The molecule has 0 aliphatic heterocycles. The molecule has 0 bridgehead atoms. The molecule has 24 heavy (non-hydrogen) atoms. The van der Waals surface area contributed by atoms with E-state index >= 15 is 0 Å². The van der Waals surface area contributed by atoms with Gasteiger partial charge in [-0.25, -0.2) is 0 Å². The van der Waals surface area contributed by atoms with Crippen molar-refractivity contribution in [1.82, 2.24) is 0 Å². The van der Waals surface area contributed by atoms with E-state index in [4.69, 9.17) is 16.9 Å². The summed E-state index contributed by atoms with van der Waals surface area (Å²) in [7, 11) is 0. The maximum Gasteiger partial charge on any atom is 0.244 e. The number of nitriles is 1. The molecule has 2 amide bonds. The molecular formula is C18H16ClN3O2. The Balaban J connectivity index is 2.18. The molecule has 6 heteroatoms. The van der Waals surface area contributed by atoms with Gasteiger partial charge in [-0.1, -0.05) is 23.7 Å². The molecule has 0 aliphatic rings. The Morgan fingerprint density at radius 1 is 1.25 bits per heavy atom. The SMILES string of the molecule is CC(=O)N(CC(=O)Nc1cccc(C#N)c1)c1cc(Cl)ccc1C. The summed E-state index contributed by atoms with van der Waals surface area (Å²) in [4.78, 5) is 25.6. The zero-order valence-corrected chi connectivity index (χ0v) is 14.1. The minimum Gasteiger partial charge on any atom is -0.324 e. The van der Waals surface area contributed by atoms with Gasteiger partial charge in [0, 0.05) is 23.3 Å². The van der Waals surface area contributed by atoms with Crippen LogP contribution in [-0.2, 0) is 9.59 Å². The zero-order valence-electron chi connectivity index (χ0n) is 13.3. The van der Waals surface area contributed by atoms with Crippen LogP contribution in [0.1, 0.15) is 18.1 Å². The van der Waals surface area contributed by atoms with Gasteiger partial charge in [-0.2, -0.15) is 5.26 Å². The summed E-state index contributed by atoms with van der Waals surface area (Å²) in [6.07, 6.45) is 0. The van der Waals surface area contributed by atoms with Crippen LogP contribution in [0.15, 0.2) is 42.5 Å². The van der Waals surface area contributed by atoms with Gasteiger partial charge in [-0.3, -0.25) is 9.59 Å². The summed E-state index contributed by atoms with van der Waals surface area (Å²) in [5.41, 5.74) is 2.39. The van der Waals surface area contributed by atoms with Gasteiger partial charge in [-0.15, -0.1) is 0 Å². The quantitative estimate of drug-likeness (QED) is 0.924. The number of carbonyl (C=O) groups is 2. The van der Waals surface area contributed by atoms with Gasteiger partial charge < -0.3 is 10.2 Å².